The van der Waals surface area contributed by atoms with Gasteiger partial charge in [-0.3, -0.25) is 14.6 Å². The van der Waals surface area contributed by atoms with Crippen LogP contribution in [0.4, 0.5) is 0 Å². The first-order valence-electron chi connectivity index (χ1n) is 8.62. The minimum atomic E-state index is -0.420. The molecule has 0 radical (unpaired) electrons. The van der Waals surface area contributed by atoms with E-state index in [4.69, 9.17) is 0 Å². The Kier molecular flexibility index (Phi) is 4.34. The van der Waals surface area contributed by atoms with Crippen LogP contribution in [-0.2, 0) is 6.54 Å². The van der Waals surface area contributed by atoms with Crippen LogP contribution in [0.1, 0.15) is 27.2 Å². The number of benzene rings is 2. The van der Waals surface area contributed by atoms with Gasteiger partial charge in [0.05, 0.1) is 17.3 Å². The lowest BCUT2D eigenvalue weighted by Crippen LogP contribution is -2.21. The highest BCUT2D eigenvalue weighted by Crippen LogP contribution is 2.16. The van der Waals surface area contributed by atoms with E-state index in [9.17, 15) is 9.59 Å². The number of nitrogens with zero attached hydrogens (tertiary/aromatic N) is 3. The van der Waals surface area contributed by atoms with Crippen LogP contribution in [0.2, 0.25) is 0 Å². The molecule has 4 aromatic rings. The molecular weight excluding hydrogens is 338 g/mol. The first kappa shape index (κ1) is 16.8. The number of aryl methyl sites for hydroxylation is 1. The number of ketones is 1. The van der Waals surface area contributed by atoms with E-state index in [1.165, 1.54) is 18.6 Å². The monoisotopic (exact) mass is 355 g/mol. The van der Waals surface area contributed by atoms with Crippen LogP contribution >= 0.6 is 0 Å². The molecule has 0 spiro atoms. The van der Waals surface area contributed by atoms with E-state index in [0.29, 0.717) is 11.9 Å². The van der Waals surface area contributed by atoms with Crippen LogP contribution < -0.4 is 5.43 Å². The summed E-state index contributed by atoms with van der Waals surface area (Å²) in [5, 5.41) is 0.514. The number of hydrogen-bond acceptors (Lipinski definition) is 4. The lowest BCUT2D eigenvalue weighted by molar-refractivity contribution is 0.103. The zero-order chi connectivity index (χ0) is 18.8. The maximum Gasteiger partial charge on any atom is 0.218 e. The molecule has 4 rings (SSSR count). The Morgan fingerprint density at radius 1 is 1.07 bits per heavy atom. The highest BCUT2D eigenvalue weighted by molar-refractivity contribution is 6.08. The van der Waals surface area contributed by atoms with Gasteiger partial charge in [0.15, 0.2) is 0 Å². The molecule has 27 heavy (non-hydrogen) atoms. The van der Waals surface area contributed by atoms with Crippen molar-refractivity contribution in [1.29, 1.82) is 0 Å². The van der Waals surface area contributed by atoms with Crippen molar-refractivity contribution in [3.05, 3.63) is 106 Å². The smallest absolute Gasteiger partial charge is 0.218 e. The van der Waals surface area contributed by atoms with Crippen molar-refractivity contribution in [2.45, 2.75) is 13.5 Å². The topological polar surface area (TPSA) is 64.8 Å². The lowest BCUT2D eigenvalue weighted by atomic mass is 10.1. The van der Waals surface area contributed by atoms with Gasteiger partial charge in [0.1, 0.15) is 5.69 Å². The fourth-order valence-corrected chi connectivity index (χ4v) is 3.20. The van der Waals surface area contributed by atoms with Crippen LogP contribution in [0.25, 0.3) is 10.9 Å². The predicted molar refractivity (Wildman–Crippen MR) is 104 cm³/mol. The van der Waals surface area contributed by atoms with E-state index >= 15 is 0 Å². The van der Waals surface area contributed by atoms with Gasteiger partial charge >= 0.3 is 0 Å². The minimum Gasteiger partial charge on any atom is -0.342 e. The minimum absolute atomic E-state index is 0.0989. The molecule has 132 valence electrons. The lowest BCUT2D eigenvalue weighted by Gasteiger charge is -2.13. The van der Waals surface area contributed by atoms with Crippen molar-refractivity contribution < 1.29 is 4.79 Å². The number of hydrogen-bond donors (Lipinski definition) is 0. The molecule has 0 N–H and O–H groups in total. The number of para-hydroxylation sites is 1. The summed E-state index contributed by atoms with van der Waals surface area (Å²) in [6, 6.07) is 15.5. The van der Waals surface area contributed by atoms with Gasteiger partial charge in [-0.2, -0.15) is 0 Å². The third kappa shape index (κ3) is 3.27. The molecule has 0 aliphatic carbocycles. The molecular formula is C22H17N3O2. The Morgan fingerprint density at radius 3 is 2.70 bits per heavy atom. The van der Waals surface area contributed by atoms with E-state index in [-0.39, 0.29) is 16.7 Å². The Bertz CT molecular complexity index is 1200. The summed E-state index contributed by atoms with van der Waals surface area (Å²) in [6.07, 6.45) is 5.94. The zero-order valence-corrected chi connectivity index (χ0v) is 14.8. The molecule has 5 nitrogen and oxygen atoms in total. The second kappa shape index (κ2) is 6.96. The van der Waals surface area contributed by atoms with Gasteiger partial charge < -0.3 is 4.57 Å². The molecule has 2 aromatic heterocycles. The number of aromatic nitrogens is 3. The molecule has 2 aromatic carbocycles. The van der Waals surface area contributed by atoms with Gasteiger partial charge in [0.25, 0.3) is 0 Å². The van der Waals surface area contributed by atoms with E-state index in [2.05, 4.69) is 16.0 Å². The number of rotatable bonds is 4. The summed E-state index contributed by atoms with van der Waals surface area (Å²) in [7, 11) is 0. The highest BCUT2D eigenvalue weighted by atomic mass is 16.1. The third-order valence-corrected chi connectivity index (χ3v) is 4.46. The van der Waals surface area contributed by atoms with Crippen LogP contribution in [0.5, 0.6) is 0 Å². The van der Waals surface area contributed by atoms with Gasteiger partial charge in [0, 0.05) is 30.5 Å². The average Bonchev–Trinajstić information content (AvgIpc) is 2.70. The molecule has 0 bridgehead atoms. The molecule has 0 aliphatic rings. The summed E-state index contributed by atoms with van der Waals surface area (Å²) < 4.78 is 1.94. The van der Waals surface area contributed by atoms with Crippen LogP contribution in [0.15, 0.2) is 78.1 Å². The Labute approximate surface area is 156 Å². The summed E-state index contributed by atoms with van der Waals surface area (Å²) in [4.78, 5) is 33.7. The van der Waals surface area contributed by atoms with Crippen LogP contribution in [-0.4, -0.2) is 20.3 Å². The normalized spacial score (nSPS) is 10.9. The molecule has 0 saturated carbocycles. The van der Waals surface area contributed by atoms with E-state index in [0.717, 1.165) is 16.6 Å². The van der Waals surface area contributed by atoms with Crippen molar-refractivity contribution >= 4 is 16.7 Å². The largest absolute Gasteiger partial charge is 0.342 e. The Balaban J connectivity index is 1.89. The summed E-state index contributed by atoms with van der Waals surface area (Å²) in [5.74, 6) is -0.420. The molecule has 5 heteroatoms. The van der Waals surface area contributed by atoms with Crippen molar-refractivity contribution in [2.24, 2.45) is 0 Å². The van der Waals surface area contributed by atoms with Crippen molar-refractivity contribution in [3.63, 3.8) is 0 Å². The van der Waals surface area contributed by atoms with Gasteiger partial charge in [0.2, 0.25) is 11.2 Å². The predicted octanol–water partition coefficient (Wildman–Crippen LogP) is 3.38. The van der Waals surface area contributed by atoms with Gasteiger partial charge in [-0.05, 0) is 24.6 Å². The third-order valence-electron chi connectivity index (χ3n) is 4.46. The number of fused-ring (bicyclic) bond motifs is 1. The molecule has 0 aliphatic heterocycles. The number of carbonyl (C=O) groups is 1. The van der Waals surface area contributed by atoms with E-state index in [1.54, 1.807) is 18.3 Å². The first-order valence-corrected chi connectivity index (χ1v) is 8.62. The maximum atomic E-state index is 12.9. The molecule has 0 saturated heterocycles. The van der Waals surface area contributed by atoms with E-state index < -0.39 is 5.78 Å². The molecule has 0 amide bonds. The maximum absolute atomic E-state index is 12.9. The van der Waals surface area contributed by atoms with Crippen LogP contribution in [0.3, 0.4) is 0 Å². The van der Waals surface area contributed by atoms with Crippen LogP contribution in [0, 0.1) is 6.92 Å². The average molecular weight is 355 g/mol. The van der Waals surface area contributed by atoms with Gasteiger partial charge in [-0.1, -0.05) is 42.0 Å². The zero-order valence-electron chi connectivity index (χ0n) is 14.8. The second-order valence-electron chi connectivity index (χ2n) is 6.43. The number of carbonyl (C=O) groups excluding carboxylic acids is 1. The SMILES string of the molecule is Cc1cccc(Cn2cc(C(=O)c3cnccn3)c(=O)c3ccccc32)c1. The van der Waals surface area contributed by atoms with Crippen molar-refractivity contribution in [3.8, 4) is 0 Å². The standard InChI is InChI=1S/C22H17N3O2/c1-15-5-4-6-16(11-15)13-25-14-18(22(27)19-12-23-9-10-24-19)21(26)17-7-2-3-8-20(17)25/h2-12,14H,13H2,1H3. The Morgan fingerprint density at radius 2 is 1.93 bits per heavy atom. The fraction of sp³-hybridized carbons (Fsp3) is 0.0909. The van der Waals surface area contributed by atoms with Crippen molar-refractivity contribution in [1.82, 2.24) is 14.5 Å². The summed E-state index contributed by atoms with van der Waals surface area (Å²) >= 11 is 0. The van der Waals surface area contributed by atoms with E-state index in [1.807, 2.05) is 41.8 Å². The molecule has 0 atom stereocenters. The molecule has 2 heterocycles. The fourth-order valence-electron chi connectivity index (χ4n) is 3.20. The quantitative estimate of drug-likeness (QED) is 0.527. The molecule has 0 unspecified atom stereocenters. The first-order chi connectivity index (χ1) is 13.1. The number of pyridine rings is 1. The van der Waals surface area contributed by atoms with Gasteiger partial charge in [-0.15, -0.1) is 0 Å². The summed E-state index contributed by atoms with van der Waals surface area (Å²) in [5.41, 5.74) is 3.02. The van der Waals surface area contributed by atoms with Crippen molar-refractivity contribution in [2.75, 3.05) is 0 Å². The molecule has 0 fully saturated rings. The van der Waals surface area contributed by atoms with Gasteiger partial charge in [-0.25, -0.2) is 4.98 Å². The summed E-state index contributed by atoms with van der Waals surface area (Å²) in [6.45, 7) is 2.60. The highest BCUT2D eigenvalue weighted by Gasteiger charge is 2.18. The Hall–Kier alpha value is -3.60. The second-order valence-corrected chi connectivity index (χ2v) is 6.43.